The van der Waals surface area contributed by atoms with Gasteiger partial charge in [-0.3, -0.25) is 9.47 Å². The van der Waals surface area contributed by atoms with Gasteiger partial charge in [-0.2, -0.15) is 5.26 Å². The van der Waals surface area contributed by atoms with E-state index < -0.39 is 0 Å². The Hall–Kier alpha value is -3.74. The second-order valence-electron chi connectivity index (χ2n) is 7.93. The van der Waals surface area contributed by atoms with Crippen LogP contribution >= 0.6 is 12.2 Å². The van der Waals surface area contributed by atoms with Crippen molar-refractivity contribution in [3.63, 3.8) is 0 Å². The molecule has 4 heterocycles. The molecular formula is C24H23N7OS. The number of aromatic nitrogens is 4. The minimum atomic E-state index is 0.599. The maximum absolute atomic E-state index is 9.15. The summed E-state index contributed by atoms with van der Waals surface area (Å²) < 4.78 is 10.1. The van der Waals surface area contributed by atoms with Gasteiger partial charge in [0.2, 0.25) is 4.77 Å². The van der Waals surface area contributed by atoms with Gasteiger partial charge in [0.25, 0.3) is 0 Å². The van der Waals surface area contributed by atoms with Gasteiger partial charge in [-0.15, -0.1) is 5.10 Å². The van der Waals surface area contributed by atoms with Crippen molar-refractivity contribution < 1.29 is 4.42 Å². The lowest BCUT2D eigenvalue weighted by atomic mass is 10.2. The number of nitrogens with zero attached hydrogens (tertiary/aromatic N) is 7. The van der Waals surface area contributed by atoms with Crippen molar-refractivity contribution in [1.82, 2.24) is 24.2 Å². The van der Waals surface area contributed by atoms with E-state index in [1.54, 1.807) is 18.5 Å². The summed E-state index contributed by atoms with van der Waals surface area (Å²) in [7, 11) is 0. The summed E-state index contributed by atoms with van der Waals surface area (Å²) in [6.45, 7) is 5.87. The van der Waals surface area contributed by atoms with E-state index in [4.69, 9.17) is 27.0 Å². The van der Waals surface area contributed by atoms with Crippen molar-refractivity contribution >= 4 is 18.0 Å². The first-order valence-corrected chi connectivity index (χ1v) is 11.2. The van der Waals surface area contributed by atoms with E-state index in [0.717, 1.165) is 54.8 Å². The molecule has 1 saturated heterocycles. The minimum absolute atomic E-state index is 0.599. The Balaban J connectivity index is 1.39. The van der Waals surface area contributed by atoms with E-state index in [9.17, 15) is 0 Å². The highest BCUT2D eigenvalue weighted by molar-refractivity contribution is 7.71. The van der Waals surface area contributed by atoms with Crippen LogP contribution in [0.1, 0.15) is 11.3 Å². The first-order chi connectivity index (χ1) is 16.1. The first kappa shape index (κ1) is 21.1. The molecule has 0 aliphatic carbocycles. The highest BCUT2D eigenvalue weighted by Crippen LogP contribution is 2.26. The summed E-state index contributed by atoms with van der Waals surface area (Å²) in [5.74, 6) is 2.42. The number of nitriles is 1. The number of hydrogen-bond acceptors (Lipinski definition) is 7. The average Bonchev–Trinajstić information content (AvgIpc) is 3.42. The van der Waals surface area contributed by atoms with Crippen molar-refractivity contribution in [3.05, 3.63) is 77.1 Å². The summed E-state index contributed by atoms with van der Waals surface area (Å²) in [5, 5.41) is 14.0. The zero-order valence-corrected chi connectivity index (χ0v) is 19.1. The van der Waals surface area contributed by atoms with Gasteiger partial charge in [0.05, 0.1) is 30.1 Å². The molecule has 1 fully saturated rings. The lowest BCUT2D eigenvalue weighted by Gasteiger charge is -2.35. The third-order valence-electron chi connectivity index (χ3n) is 5.86. The fourth-order valence-electron chi connectivity index (χ4n) is 4.07. The Morgan fingerprint density at radius 1 is 1.09 bits per heavy atom. The average molecular weight is 458 g/mol. The molecule has 0 unspecified atom stereocenters. The van der Waals surface area contributed by atoms with Crippen LogP contribution in [0.5, 0.6) is 0 Å². The molecule has 5 rings (SSSR count). The van der Waals surface area contributed by atoms with Gasteiger partial charge >= 0.3 is 0 Å². The molecule has 0 radical (unpaired) electrons. The van der Waals surface area contributed by atoms with Crippen molar-refractivity contribution in [2.75, 3.05) is 31.1 Å². The number of anilines is 1. The SMILES string of the molecule is Cc1occc1-c1nn(CN2CCN(c3cc(C#N)ccn3)CC2)c(=S)n1-c1ccccc1. The van der Waals surface area contributed by atoms with Crippen LogP contribution < -0.4 is 4.90 Å². The van der Waals surface area contributed by atoms with Crippen molar-refractivity contribution in [3.8, 4) is 23.1 Å². The maximum atomic E-state index is 9.15. The van der Waals surface area contributed by atoms with E-state index in [2.05, 4.69) is 20.9 Å². The fourth-order valence-corrected chi connectivity index (χ4v) is 4.36. The van der Waals surface area contributed by atoms with Crippen LogP contribution in [0.3, 0.4) is 0 Å². The van der Waals surface area contributed by atoms with Gasteiger partial charge in [0.15, 0.2) is 5.82 Å². The van der Waals surface area contributed by atoms with Crippen molar-refractivity contribution in [1.29, 1.82) is 5.26 Å². The number of benzene rings is 1. The lowest BCUT2D eigenvalue weighted by Crippen LogP contribution is -2.47. The third kappa shape index (κ3) is 4.18. The molecule has 0 bridgehead atoms. The lowest BCUT2D eigenvalue weighted by molar-refractivity contribution is 0.194. The summed E-state index contributed by atoms with van der Waals surface area (Å²) in [5.41, 5.74) is 2.52. The predicted octanol–water partition coefficient (Wildman–Crippen LogP) is 4.02. The molecule has 9 heteroatoms. The molecule has 1 aromatic carbocycles. The van der Waals surface area contributed by atoms with E-state index in [1.807, 2.05) is 58.6 Å². The molecular weight excluding hydrogens is 434 g/mol. The number of rotatable bonds is 5. The largest absolute Gasteiger partial charge is 0.469 e. The number of furan rings is 1. The number of aryl methyl sites for hydroxylation is 1. The molecule has 8 nitrogen and oxygen atoms in total. The Labute approximate surface area is 196 Å². The molecule has 1 aliphatic heterocycles. The summed E-state index contributed by atoms with van der Waals surface area (Å²) >= 11 is 5.86. The van der Waals surface area contributed by atoms with Crippen LogP contribution in [-0.2, 0) is 6.67 Å². The molecule has 0 spiro atoms. The Kier molecular flexibility index (Phi) is 5.77. The van der Waals surface area contributed by atoms with Gasteiger partial charge in [-0.05, 0) is 49.5 Å². The normalized spacial score (nSPS) is 14.4. The van der Waals surface area contributed by atoms with E-state index in [0.29, 0.717) is 17.0 Å². The fraction of sp³-hybridized carbons (Fsp3) is 0.250. The third-order valence-corrected chi connectivity index (χ3v) is 6.25. The van der Waals surface area contributed by atoms with Crippen LogP contribution in [0.2, 0.25) is 0 Å². The molecule has 166 valence electrons. The maximum Gasteiger partial charge on any atom is 0.204 e. The Morgan fingerprint density at radius 3 is 2.58 bits per heavy atom. The smallest absolute Gasteiger partial charge is 0.204 e. The van der Waals surface area contributed by atoms with Crippen LogP contribution in [-0.4, -0.2) is 50.4 Å². The van der Waals surface area contributed by atoms with Gasteiger partial charge in [-0.1, -0.05) is 18.2 Å². The van der Waals surface area contributed by atoms with Crippen molar-refractivity contribution in [2.24, 2.45) is 0 Å². The van der Waals surface area contributed by atoms with E-state index in [1.165, 1.54) is 0 Å². The number of pyridine rings is 1. The standard InChI is InChI=1S/C24H23N7OS/c1-18-21(8-14-32-18)23-27-30(24(33)31(23)20-5-3-2-4-6-20)17-28-10-12-29(13-11-28)22-15-19(16-25)7-9-26-22/h2-9,14-15H,10-13,17H2,1H3. The summed E-state index contributed by atoms with van der Waals surface area (Å²) in [6.07, 6.45) is 3.37. The van der Waals surface area contributed by atoms with Gasteiger partial charge < -0.3 is 9.32 Å². The molecule has 0 atom stereocenters. The number of piperazine rings is 1. The van der Waals surface area contributed by atoms with Gasteiger partial charge in [-0.25, -0.2) is 9.67 Å². The number of para-hydroxylation sites is 1. The topological polar surface area (TPSA) is 79.1 Å². The van der Waals surface area contributed by atoms with Crippen molar-refractivity contribution in [2.45, 2.75) is 13.6 Å². The Morgan fingerprint density at radius 2 is 1.88 bits per heavy atom. The van der Waals surface area contributed by atoms with E-state index in [-0.39, 0.29) is 0 Å². The van der Waals surface area contributed by atoms with Gasteiger partial charge in [0.1, 0.15) is 11.6 Å². The second kappa shape index (κ2) is 9.02. The molecule has 0 saturated carbocycles. The molecule has 1 aliphatic rings. The zero-order chi connectivity index (χ0) is 22.8. The van der Waals surface area contributed by atoms with Crippen LogP contribution in [0.25, 0.3) is 17.1 Å². The highest BCUT2D eigenvalue weighted by Gasteiger charge is 2.22. The van der Waals surface area contributed by atoms with Crippen LogP contribution in [0, 0.1) is 23.0 Å². The monoisotopic (exact) mass is 457 g/mol. The van der Waals surface area contributed by atoms with Crippen LogP contribution in [0.15, 0.2) is 65.4 Å². The quantitative estimate of drug-likeness (QED) is 0.419. The van der Waals surface area contributed by atoms with Crippen LogP contribution in [0.4, 0.5) is 5.82 Å². The first-order valence-electron chi connectivity index (χ1n) is 10.8. The summed E-state index contributed by atoms with van der Waals surface area (Å²) in [4.78, 5) is 8.97. The Bertz CT molecular complexity index is 1360. The number of hydrogen-bond donors (Lipinski definition) is 0. The second-order valence-corrected chi connectivity index (χ2v) is 8.29. The van der Waals surface area contributed by atoms with E-state index >= 15 is 0 Å². The summed E-state index contributed by atoms with van der Waals surface area (Å²) in [6, 6.07) is 17.7. The molecule has 4 aromatic rings. The molecule has 33 heavy (non-hydrogen) atoms. The molecule has 0 amide bonds. The molecule has 3 aromatic heterocycles. The minimum Gasteiger partial charge on any atom is -0.469 e. The molecule has 0 N–H and O–H groups in total. The highest BCUT2D eigenvalue weighted by atomic mass is 32.1. The predicted molar refractivity (Wildman–Crippen MR) is 128 cm³/mol. The van der Waals surface area contributed by atoms with Gasteiger partial charge in [0, 0.05) is 38.1 Å². The zero-order valence-electron chi connectivity index (χ0n) is 18.3.